The Bertz CT molecular complexity index is 133. The Kier molecular flexibility index (Phi) is 9.91. The molecule has 0 aromatic rings. The third-order valence-corrected chi connectivity index (χ3v) is 2.54. The van der Waals surface area contributed by atoms with Crippen molar-refractivity contribution in [3.8, 4) is 0 Å². The van der Waals surface area contributed by atoms with Crippen molar-refractivity contribution < 1.29 is 14.7 Å². The molecule has 0 aromatic heterocycles. The lowest BCUT2D eigenvalue weighted by Gasteiger charge is -1.99. The highest BCUT2D eigenvalue weighted by Crippen LogP contribution is 2.06. The Labute approximate surface area is 82.8 Å². The molecule has 0 aromatic carbocycles. The molecule has 0 heterocycles. The molecule has 0 saturated heterocycles. The fraction of sp³-hybridized carbons (Fsp3) is 0.875. The highest BCUT2D eigenvalue weighted by atomic mass is 32.2. The molecule has 0 atom stereocenters. The van der Waals surface area contributed by atoms with Gasteiger partial charge in [0.2, 0.25) is 0 Å². The molecule has 0 bridgehead atoms. The van der Waals surface area contributed by atoms with Crippen LogP contribution in [-0.2, 0) is 9.63 Å². The van der Waals surface area contributed by atoms with Crippen LogP contribution in [0.3, 0.4) is 0 Å². The lowest BCUT2D eigenvalue weighted by Crippen LogP contribution is -2.12. The number of carbonyl (C=O) groups excluding carboxylic acids is 1. The summed E-state index contributed by atoms with van der Waals surface area (Å²) in [6.45, 7) is 0.262. The van der Waals surface area contributed by atoms with Crippen molar-refractivity contribution in [1.29, 1.82) is 0 Å². The highest BCUT2D eigenvalue weighted by molar-refractivity contribution is 7.99. The number of nitrogens with two attached hydrogens (primary N) is 1. The molecule has 0 amide bonds. The van der Waals surface area contributed by atoms with Crippen LogP contribution in [0.5, 0.6) is 0 Å². The second-order valence-corrected chi connectivity index (χ2v) is 3.87. The number of ketones is 1. The second kappa shape index (κ2) is 9.98. The van der Waals surface area contributed by atoms with Crippen LogP contribution in [-0.4, -0.2) is 35.6 Å². The SMILES string of the molecule is NOCC(=O)CCSCCCCO. The molecule has 3 N–H and O–H groups in total. The quantitative estimate of drug-likeness (QED) is 0.421. The van der Waals surface area contributed by atoms with Gasteiger partial charge < -0.3 is 5.11 Å². The van der Waals surface area contributed by atoms with Gasteiger partial charge in [0.05, 0.1) is 0 Å². The van der Waals surface area contributed by atoms with Gasteiger partial charge in [0.15, 0.2) is 5.78 Å². The maximum absolute atomic E-state index is 10.9. The minimum Gasteiger partial charge on any atom is -0.396 e. The first-order valence-electron chi connectivity index (χ1n) is 4.33. The van der Waals surface area contributed by atoms with E-state index in [1.54, 1.807) is 11.8 Å². The van der Waals surface area contributed by atoms with Gasteiger partial charge in [-0.2, -0.15) is 11.8 Å². The zero-order valence-electron chi connectivity index (χ0n) is 7.70. The van der Waals surface area contributed by atoms with Gasteiger partial charge in [-0.15, -0.1) is 0 Å². The number of unbranched alkanes of at least 4 members (excludes halogenated alkanes) is 1. The van der Waals surface area contributed by atoms with Gasteiger partial charge in [-0.05, 0) is 18.6 Å². The molecule has 0 aliphatic rings. The molecule has 5 heteroatoms. The zero-order valence-corrected chi connectivity index (χ0v) is 8.52. The predicted octanol–water partition coefficient (Wildman–Crippen LogP) is 0.342. The van der Waals surface area contributed by atoms with Crippen LogP contribution in [0.1, 0.15) is 19.3 Å². The molecule has 0 rings (SSSR count). The van der Waals surface area contributed by atoms with Gasteiger partial charge in [-0.3, -0.25) is 9.63 Å². The topological polar surface area (TPSA) is 72.5 Å². The van der Waals surface area contributed by atoms with Gasteiger partial charge in [-0.1, -0.05) is 0 Å². The maximum atomic E-state index is 10.9. The zero-order chi connectivity index (χ0) is 9.94. The van der Waals surface area contributed by atoms with Crippen LogP contribution in [0.25, 0.3) is 0 Å². The van der Waals surface area contributed by atoms with E-state index in [4.69, 9.17) is 11.0 Å². The molecular formula is C8H17NO3S. The Morgan fingerprint density at radius 2 is 2.15 bits per heavy atom. The molecule has 0 aliphatic carbocycles. The van der Waals surface area contributed by atoms with Gasteiger partial charge in [0, 0.05) is 18.8 Å². The van der Waals surface area contributed by atoms with Crippen LogP contribution in [0, 0.1) is 0 Å². The lowest BCUT2D eigenvalue weighted by molar-refractivity contribution is -0.123. The van der Waals surface area contributed by atoms with E-state index in [-0.39, 0.29) is 19.0 Å². The summed E-state index contributed by atoms with van der Waals surface area (Å²) >= 11 is 1.72. The van der Waals surface area contributed by atoms with Crippen LogP contribution >= 0.6 is 11.8 Å². The minimum absolute atomic E-state index is 0.0111. The Hall–Kier alpha value is -0.100. The predicted molar refractivity (Wildman–Crippen MR) is 53.4 cm³/mol. The Morgan fingerprint density at radius 1 is 1.38 bits per heavy atom. The van der Waals surface area contributed by atoms with Crippen LogP contribution in [0.15, 0.2) is 0 Å². The van der Waals surface area contributed by atoms with E-state index in [1.165, 1.54) is 0 Å². The average Bonchev–Trinajstić information content (AvgIpc) is 2.11. The number of hydrogen-bond acceptors (Lipinski definition) is 5. The molecule has 0 aliphatic heterocycles. The lowest BCUT2D eigenvalue weighted by atomic mass is 10.3. The van der Waals surface area contributed by atoms with E-state index in [1.807, 2.05) is 0 Å². The first-order chi connectivity index (χ1) is 6.31. The number of aliphatic hydroxyl groups excluding tert-OH is 1. The van der Waals surface area contributed by atoms with Crippen molar-refractivity contribution in [1.82, 2.24) is 0 Å². The fourth-order valence-electron chi connectivity index (χ4n) is 0.769. The molecule has 4 nitrogen and oxygen atoms in total. The molecule has 0 fully saturated rings. The third-order valence-electron chi connectivity index (χ3n) is 1.47. The van der Waals surface area contributed by atoms with Gasteiger partial charge >= 0.3 is 0 Å². The van der Waals surface area contributed by atoms with Crippen LogP contribution in [0.4, 0.5) is 0 Å². The smallest absolute Gasteiger partial charge is 0.161 e. The first kappa shape index (κ1) is 12.9. The molecule has 0 saturated carbocycles. The highest BCUT2D eigenvalue weighted by Gasteiger charge is 2.00. The molecule has 78 valence electrons. The summed E-state index contributed by atoms with van der Waals surface area (Å²) < 4.78 is 0. The molecule has 0 unspecified atom stereocenters. The molecule has 13 heavy (non-hydrogen) atoms. The van der Waals surface area contributed by atoms with E-state index >= 15 is 0 Å². The second-order valence-electron chi connectivity index (χ2n) is 2.64. The molecule has 0 spiro atoms. The number of carbonyl (C=O) groups is 1. The van der Waals surface area contributed by atoms with Gasteiger partial charge in [0.1, 0.15) is 6.61 Å². The van der Waals surface area contributed by atoms with Crippen molar-refractivity contribution >= 4 is 17.5 Å². The van der Waals surface area contributed by atoms with E-state index in [2.05, 4.69) is 4.84 Å². The summed E-state index contributed by atoms with van der Waals surface area (Å²) in [4.78, 5) is 15.1. The van der Waals surface area contributed by atoms with Crippen molar-refractivity contribution in [2.45, 2.75) is 19.3 Å². The fourth-order valence-corrected chi connectivity index (χ4v) is 1.75. The van der Waals surface area contributed by atoms with E-state index < -0.39 is 0 Å². The molecule has 0 radical (unpaired) electrons. The summed E-state index contributed by atoms with van der Waals surface area (Å²) in [7, 11) is 0. The van der Waals surface area contributed by atoms with Crippen LogP contribution in [0.2, 0.25) is 0 Å². The number of Topliss-reactive ketones (excluding diaryl/α,β-unsaturated/α-hetero) is 1. The molecular weight excluding hydrogens is 190 g/mol. The standard InChI is InChI=1S/C8H17NO3S/c9-12-7-8(11)3-6-13-5-2-1-4-10/h10H,1-7,9H2. The summed E-state index contributed by atoms with van der Waals surface area (Å²) in [6.07, 6.45) is 2.36. The Morgan fingerprint density at radius 3 is 2.77 bits per heavy atom. The number of rotatable bonds is 9. The normalized spacial score (nSPS) is 10.3. The van der Waals surface area contributed by atoms with Gasteiger partial charge in [0.25, 0.3) is 0 Å². The van der Waals surface area contributed by atoms with E-state index in [0.29, 0.717) is 6.42 Å². The van der Waals surface area contributed by atoms with Crippen LogP contribution < -0.4 is 5.90 Å². The van der Waals surface area contributed by atoms with Crippen molar-refractivity contribution in [3.63, 3.8) is 0 Å². The summed E-state index contributed by atoms with van der Waals surface area (Å²) in [5.41, 5.74) is 0. The number of thioether (sulfide) groups is 1. The van der Waals surface area contributed by atoms with Crippen molar-refractivity contribution in [3.05, 3.63) is 0 Å². The average molecular weight is 207 g/mol. The monoisotopic (exact) mass is 207 g/mol. The maximum Gasteiger partial charge on any atom is 0.161 e. The number of hydrogen-bond donors (Lipinski definition) is 2. The first-order valence-corrected chi connectivity index (χ1v) is 5.48. The Balaban J connectivity index is 3.02. The van der Waals surface area contributed by atoms with E-state index in [0.717, 1.165) is 24.3 Å². The number of aliphatic hydroxyl groups is 1. The largest absolute Gasteiger partial charge is 0.396 e. The summed E-state index contributed by atoms with van der Waals surface area (Å²) in [6, 6.07) is 0. The minimum atomic E-state index is 0.0111. The summed E-state index contributed by atoms with van der Waals surface area (Å²) in [5.74, 6) is 6.59. The van der Waals surface area contributed by atoms with Gasteiger partial charge in [-0.25, -0.2) is 5.90 Å². The third kappa shape index (κ3) is 9.82. The summed E-state index contributed by atoms with van der Waals surface area (Å²) in [5, 5.41) is 8.49. The van der Waals surface area contributed by atoms with Crippen molar-refractivity contribution in [2.75, 3.05) is 24.7 Å². The van der Waals surface area contributed by atoms with Crippen molar-refractivity contribution in [2.24, 2.45) is 5.90 Å². The van der Waals surface area contributed by atoms with E-state index in [9.17, 15) is 4.79 Å².